The highest BCUT2D eigenvalue weighted by molar-refractivity contribution is 5.78. The van der Waals surface area contributed by atoms with Crippen LogP contribution in [0.4, 0.5) is 0 Å². The summed E-state index contributed by atoms with van der Waals surface area (Å²) in [5.41, 5.74) is 5.81. The Bertz CT molecular complexity index is 777. The number of pyridine rings is 1. The minimum atomic E-state index is 0. The van der Waals surface area contributed by atoms with Crippen molar-refractivity contribution >= 4 is 11.6 Å². The summed E-state index contributed by atoms with van der Waals surface area (Å²) >= 11 is 0. The summed E-state index contributed by atoms with van der Waals surface area (Å²) in [6.45, 7) is 7.58. The van der Waals surface area contributed by atoms with Gasteiger partial charge in [-0.05, 0) is 63.6 Å². The van der Waals surface area contributed by atoms with E-state index in [0.717, 1.165) is 17.9 Å². The normalized spacial score (nSPS) is 13.0. The van der Waals surface area contributed by atoms with E-state index >= 15 is 0 Å². The Morgan fingerprint density at radius 1 is 0.967 bits per heavy atom. The minimum Gasteiger partial charge on any atom is -0.412 e. The molecular formula is C24H36N2O4. The number of hydrogen-bond acceptors (Lipinski definition) is 2. The average Bonchev–Trinajstić information content (AvgIpc) is 3.19. The first-order valence-corrected chi connectivity index (χ1v) is 9.19. The van der Waals surface area contributed by atoms with Gasteiger partial charge in [0.25, 0.3) is 0 Å². The minimum absolute atomic E-state index is 0. The molecule has 0 saturated carbocycles. The summed E-state index contributed by atoms with van der Waals surface area (Å²) in [4.78, 5) is 7.35. The second-order valence-electron chi connectivity index (χ2n) is 6.44. The monoisotopic (exact) mass is 416 g/mol. The zero-order chi connectivity index (χ0) is 18.8. The summed E-state index contributed by atoms with van der Waals surface area (Å²) < 4.78 is 0. The summed E-state index contributed by atoms with van der Waals surface area (Å²) in [6.07, 6.45) is 17.1. The van der Waals surface area contributed by atoms with Crippen LogP contribution in [0, 0.1) is 19.8 Å². The molecule has 1 fully saturated rings. The van der Waals surface area contributed by atoms with Crippen LogP contribution in [0.2, 0.25) is 0 Å². The van der Waals surface area contributed by atoms with E-state index in [1.807, 2.05) is 13.0 Å². The van der Waals surface area contributed by atoms with Gasteiger partial charge in [-0.3, -0.25) is 4.90 Å². The lowest BCUT2D eigenvalue weighted by atomic mass is 10.00. The molecule has 1 aliphatic heterocycles. The van der Waals surface area contributed by atoms with Gasteiger partial charge in [-0.15, -0.1) is 12.8 Å². The summed E-state index contributed by atoms with van der Waals surface area (Å²) in [5.74, 6) is 0. The average molecular weight is 417 g/mol. The van der Waals surface area contributed by atoms with Crippen molar-refractivity contribution in [3.8, 4) is 12.8 Å². The highest BCUT2D eigenvalue weighted by atomic mass is 16.0. The number of hydrogen-bond donors (Lipinski definition) is 0. The zero-order valence-electron chi connectivity index (χ0n) is 17.9. The van der Waals surface area contributed by atoms with Crippen LogP contribution in [0.1, 0.15) is 42.3 Å². The van der Waals surface area contributed by atoms with Crippen molar-refractivity contribution in [1.29, 1.82) is 0 Å². The molecule has 2 heterocycles. The molecule has 0 spiro atoms. The fourth-order valence-corrected chi connectivity index (χ4v) is 3.15. The number of aromatic nitrogens is 1. The Labute approximate surface area is 180 Å². The fourth-order valence-electron chi connectivity index (χ4n) is 3.15. The molecule has 6 nitrogen and oxygen atoms in total. The topological polar surface area (TPSA) is 142 Å². The van der Waals surface area contributed by atoms with Crippen LogP contribution in [0.3, 0.4) is 0 Å². The third-order valence-electron chi connectivity index (χ3n) is 4.50. The standard InChI is InChI=1S/C22H26N2.C2H2.4H2O/c1-3-7-20-8-6-9-22(23-20)21(14-17-24-15-4-5-16-24)19-12-10-18(2)11-13-19;1-2;;;;/h3,6-14H,4-5,15-17H2,1-2H3;1-2H;4*1H2/b7-3+,21-14+;;;;;. The third-order valence-corrected chi connectivity index (χ3v) is 4.50. The molecule has 0 amide bonds. The van der Waals surface area contributed by atoms with Crippen molar-refractivity contribution < 1.29 is 21.9 Å². The number of benzene rings is 1. The van der Waals surface area contributed by atoms with Crippen molar-refractivity contribution in [1.82, 2.24) is 9.88 Å². The number of nitrogens with zero attached hydrogens (tertiary/aromatic N) is 2. The molecule has 1 aliphatic rings. The van der Waals surface area contributed by atoms with Gasteiger partial charge in [-0.2, -0.15) is 0 Å². The molecule has 1 aromatic heterocycles. The van der Waals surface area contributed by atoms with Gasteiger partial charge in [0.1, 0.15) is 0 Å². The molecule has 3 rings (SSSR count). The molecule has 1 saturated heterocycles. The van der Waals surface area contributed by atoms with Crippen molar-refractivity contribution in [3.63, 3.8) is 0 Å². The second kappa shape index (κ2) is 17.1. The SMILES string of the molecule is C#C.C/C=C/c1cccc(/C(=C/CN2CCCC2)c2ccc(C)cc2)n1.O.O.O.O. The van der Waals surface area contributed by atoms with Crippen LogP contribution in [0.15, 0.2) is 54.6 Å². The van der Waals surface area contributed by atoms with E-state index in [1.165, 1.54) is 42.6 Å². The first kappa shape index (κ1) is 31.9. The van der Waals surface area contributed by atoms with Gasteiger partial charge < -0.3 is 21.9 Å². The molecule has 6 heteroatoms. The Balaban J connectivity index is -0.00000118. The largest absolute Gasteiger partial charge is 0.412 e. The van der Waals surface area contributed by atoms with Crippen molar-refractivity contribution in [2.24, 2.45) is 0 Å². The number of aryl methyl sites for hydroxylation is 1. The molecule has 8 N–H and O–H groups in total. The Morgan fingerprint density at radius 2 is 1.57 bits per heavy atom. The van der Waals surface area contributed by atoms with E-state index in [9.17, 15) is 0 Å². The zero-order valence-corrected chi connectivity index (χ0v) is 17.9. The number of allylic oxidation sites excluding steroid dienone is 1. The lowest BCUT2D eigenvalue weighted by Crippen LogP contribution is -2.19. The molecule has 0 bridgehead atoms. The molecular weight excluding hydrogens is 380 g/mol. The van der Waals surface area contributed by atoms with Gasteiger partial charge in [-0.25, -0.2) is 4.98 Å². The predicted molar refractivity (Wildman–Crippen MR) is 127 cm³/mol. The molecule has 0 aliphatic carbocycles. The van der Waals surface area contributed by atoms with Gasteiger partial charge in [-0.1, -0.05) is 48.0 Å². The van der Waals surface area contributed by atoms with Gasteiger partial charge in [0.15, 0.2) is 0 Å². The second-order valence-corrected chi connectivity index (χ2v) is 6.44. The molecule has 1 aromatic carbocycles. The van der Waals surface area contributed by atoms with Gasteiger partial charge >= 0.3 is 0 Å². The maximum Gasteiger partial charge on any atom is 0.0712 e. The predicted octanol–water partition coefficient (Wildman–Crippen LogP) is 1.90. The molecule has 0 atom stereocenters. The van der Waals surface area contributed by atoms with Crippen molar-refractivity contribution in [2.75, 3.05) is 19.6 Å². The quantitative estimate of drug-likeness (QED) is 0.686. The number of likely N-dealkylation sites (tertiary alicyclic amines) is 1. The van der Waals surface area contributed by atoms with Gasteiger partial charge in [0.2, 0.25) is 0 Å². The van der Waals surface area contributed by atoms with E-state index in [4.69, 9.17) is 4.98 Å². The highest BCUT2D eigenvalue weighted by Crippen LogP contribution is 2.23. The molecule has 166 valence electrons. The Morgan fingerprint density at radius 3 is 2.13 bits per heavy atom. The van der Waals surface area contributed by atoms with E-state index in [-0.39, 0.29) is 21.9 Å². The lowest BCUT2D eigenvalue weighted by molar-refractivity contribution is 0.377. The smallest absolute Gasteiger partial charge is 0.0712 e. The first-order valence-electron chi connectivity index (χ1n) is 9.19. The van der Waals surface area contributed by atoms with E-state index in [1.54, 1.807) is 0 Å². The van der Waals surface area contributed by atoms with Gasteiger partial charge in [0, 0.05) is 12.1 Å². The van der Waals surface area contributed by atoms with Crippen LogP contribution in [-0.4, -0.2) is 51.4 Å². The number of terminal acetylenes is 1. The molecule has 30 heavy (non-hydrogen) atoms. The maximum atomic E-state index is 4.83. The van der Waals surface area contributed by atoms with E-state index in [0.29, 0.717) is 0 Å². The first-order chi connectivity index (χ1) is 12.8. The van der Waals surface area contributed by atoms with Crippen LogP contribution >= 0.6 is 0 Å². The van der Waals surface area contributed by atoms with Crippen LogP contribution in [-0.2, 0) is 0 Å². The molecule has 2 aromatic rings. The summed E-state index contributed by atoms with van der Waals surface area (Å²) in [5, 5.41) is 0. The van der Waals surface area contributed by atoms with Crippen molar-refractivity contribution in [2.45, 2.75) is 26.7 Å². The van der Waals surface area contributed by atoms with Gasteiger partial charge in [0.05, 0.1) is 11.4 Å². The van der Waals surface area contributed by atoms with Crippen LogP contribution in [0.5, 0.6) is 0 Å². The lowest BCUT2D eigenvalue weighted by Gasteiger charge is -2.14. The highest BCUT2D eigenvalue weighted by Gasteiger charge is 2.12. The maximum absolute atomic E-state index is 4.83. The van der Waals surface area contributed by atoms with E-state index in [2.05, 4.69) is 79.3 Å². The molecule has 0 unspecified atom stereocenters. The number of rotatable bonds is 5. The fraction of sp³-hybridized carbons (Fsp3) is 0.292. The van der Waals surface area contributed by atoms with Crippen LogP contribution in [0.25, 0.3) is 11.6 Å². The van der Waals surface area contributed by atoms with Crippen molar-refractivity contribution in [3.05, 3.63) is 77.1 Å². The third kappa shape index (κ3) is 9.14. The van der Waals surface area contributed by atoms with E-state index < -0.39 is 0 Å². The molecule has 0 radical (unpaired) electrons. The Hall–Kier alpha value is -2.79. The van der Waals surface area contributed by atoms with Crippen LogP contribution < -0.4 is 0 Å². The summed E-state index contributed by atoms with van der Waals surface area (Å²) in [6, 6.07) is 15.0. The summed E-state index contributed by atoms with van der Waals surface area (Å²) in [7, 11) is 0. The Kier molecular flexibility index (Phi) is 18.2.